The van der Waals surface area contributed by atoms with Crippen LogP contribution in [-0.4, -0.2) is 9.97 Å². The quantitative estimate of drug-likeness (QED) is 0.662. The summed E-state index contributed by atoms with van der Waals surface area (Å²) in [6.07, 6.45) is 2.92. The van der Waals surface area contributed by atoms with Crippen LogP contribution in [0.25, 0.3) is 11.0 Å². The SMILES string of the molecule is CCc1ccc(C#Cc2cc3cc(C)cnc3[nH]2)cc1. The van der Waals surface area contributed by atoms with Gasteiger partial charge < -0.3 is 4.98 Å². The average Bonchev–Trinajstić information content (AvgIpc) is 2.87. The van der Waals surface area contributed by atoms with E-state index in [1.165, 1.54) is 5.56 Å². The van der Waals surface area contributed by atoms with Crippen LogP contribution in [0.15, 0.2) is 42.6 Å². The lowest BCUT2D eigenvalue weighted by Gasteiger charge is -1.94. The summed E-state index contributed by atoms with van der Waals surface area (Å²) in [7, 11) is 0. The van der Waals surface area contributed by atoms with E-state index in [4.69, 9.17) is 0 Å². The molecule has 0 unspecified atom stereocenters. The molecule has 0 aliphatic heterocycles. The largest absolute Gasteiger partial charge is 0.333 e. The van der Waals surface area contributed by atoms with Gasteiger partial charge in [-0.2, -0.15) is 0 Å². The zero-order chi connectivity index (χ0) is 13.9. The van der Waals surface area contributed by atoms with E-state index in [9.17, 15) is 0 Å². The Morgan fingerprint density at radius 2 is 1.90 bits per heavy atom. The number of benzene rings is 1. The molecule has 2 heteroatoms. The number of nitrogens with zero attached hydrogens (tertiary/aromatic N) is 1. The molecule has 0 saturated heterocycles. The van der Waals surface area contributed by atoms with E-state index >= 15 is 0 Å². The van der Waals surface area contributed by atoms with Crippen molar-refractivity contribution in [2.75, 3.05) is 0 Å². The van der Waals surface area contributed by atoms with Crippen LogP contribution in [0.2, 0.25) is 0 Å². The fourth-order valence-corrected chi connectivity index (χ4v) is 2.16. The first kappa shape index (κ1) is 12.5. The summed E-state index contributed by atoms with van der Waals surface area (Å²) in [5, 5.41) is 1.11. The monoisotopic (exact) mass is 260 g/mol. The van der Waals surface area contributed by atoms with Gasteiger partial charge in [0.25, 0.3) is 0 Å². The summed E-state index contributed by atoms with van der Waals surface area (Å²) in [6.45, 7) is 4.19. The van der Waals surface area contributed by atoms with Gasteiger partial charge in [0.1, 0.15) is 5.65 Å². The molecule has 0 amide bonds. The van der Waals surface area contributed by atoms with Crippen LogP contribution in [0, 0.1) is 18.8 Å². The number of aromatic amines is 1. The second-order valence-corrected chi connectivity index (χ2v) is 4.93. The molecule has 3 aromatic rings. The molecule has 1 aromatic carbocycles. The maximum atomic E-state index is 4.36. The predicted molar refractivity (Wildman–Crippen MR) is 82.6 cm³/mol. The second kappa shape index (κ2) is 5.22. The number of H-pyrrole nitrogens is 1. The van der Waals surface area contributed by atoms with Crippen molar-refractivity contribution in [3.8, 4) is 11.8 Å². The Balaban J connectivity index is 1.90. The van der Waals surface area contributed by atoms with Crippen molar-refractivity contribution in [1.82, 2.24) is 9.97 Å². The molecule has 98 valence electrons. The van der Waals surface area contributed by atoms with Crippen molar-refractivity contribution in [3.05, 3.63) is 65.0 Å². The van der Waals surface area contributed by atoms with Crippen molar-refractivity contribution >= 4 is 11.0 Å². The molecule has 20 heavy (non-hydrogen) atoms. The third kappa shape index (κ3) is 2.57. The highest BCUT2D eigenvalue weighted by atomic mass is 14.8. The van der Waals surface area contributed by atoms with Crippen LogP contribution < -0.4 is 0 Å². The van der Waals surface area contributed by atoms with Crippen LogP contribution in [0.4, 0.5) is 0 Å². The van der Waals surface area contributed by atoms with Crippen LogP contribution in [0.1, 0.15) is 29.3 Å². The zero-order valence-corrected chi connectivity index (χ0v) is 11.7. The molecule has 0 bridgehead atoms. The van der Waals surface area contributed by atoms with Crippen molar-refractivity contribution in [2.24, 2.45) is 0 Å². The molecule has 0 aliphatic rings. The third-order valence-electron chi connectivity index (χ3n) is 3.31. The van der Waals surface area contributed by atoms with Crippen molar-refractivity contribution in [1.29, 1.82) is 0 Å². The van der Waals surface area contributed by atoms with Gasteiger partial charge in [-0.1, -0.05) is 25.0 Å². The summed E-state index contributed by atoms with van der Waals surface area (Å²) in [5.41, 5.74) is 5.32. The Morgan fingerprint density at radius 3 is 2.65 bits per heavy atom. The van der Waals surface area contributed by atoms with Gasteiger partial charge in [0.05, 0.1) is 5.69 Å². The fraction of sp³-hybridized carbons (Fsp3) is 0.167. The van der Waals surface area contributed by atoms with E-state index in [0.717, 1.165) is 34.3 Å². The Morgan fingerprint density at radius 1 is 1.10 bits per heavy atom. The molecular formula is C18H16N2. The molecule has 0 saturated carbocycles. The maximum Gasteiger partial charge on any atom is 0.138 e. The highest BCUT2D eigenvalue weighted by Gasteiger charge is 1.99. The Kier molecular flexibility index (Phi) is 3.26. The van der Waals surface area contributed by atoms with Crippen LogP contribution >= 0.6 is 0 Å². The number of fused-ring (bicyclic) bond motifs is 1. The van der Waals surface area contributed by atoms with E-state index in [1.807, 2.05) is 19.2 Å². The minimum atomic E-state index is 0.890. The van der Waals surface area contributed by atoms with Crippen molar-refractivity contribution < 1.29 is 0 Å². The summed E-state index contributed by atoms with van der Waals surface area (Å²) >= 11 is 0. The lowest BCUT2D eigenvalue weighted by atomic mass is 10.1. The highest BCUT2D eigenvalue weighted by Crippen LogP contribution is 2.13. The van der Waals surface area contributed by atoms with Crippen molar-refractivity contribution in [3.63, 3.8) is 0 Å². The minimum absolute atomic E-state index is 0.890. The van der Waals surface area contributed by atoms with Gasteiger partial charge in [0.2, 0.25) is 0 Å². The van der Waals surface area contributed by atoms with Gasteiger partial charge in [-0.05, 0) is 54.7 Å². The Bertz CT molecular complexity index is 799. The molecule has 1 N–H and O–H groups in total. The molecule has 0 radical (unpaired) electrons. The number of hydrogen-bond acceptors (Lipinski definition) is 1. The number of aromatic nitrogens is 2. The van der Waals surface area contributed by atoms with Crippen molar-refractivity contribution in [2.45, 2.75) is 20.3 Å². The van der Waals surface area contributed by atoms with Gasteiger partial charge in [0.15, 0.2) is 0 Å². The molecule has 2 nitrogen and oxygen atoms in total. The van der Waals surface area contributed by atoms with E-state index in [2.05, 4.69) is 59.1 Å². The van der Waals surface area contributed by atoms with E-state index < -0.39 is 0 Å². The average molecular weight is 260 g/mol. The molecule has 3 rings (SSSR count). The normalized spacial score (nSPS) is 10.3. The molecule has 0 fully saturated rings. The van der Waals surface area contributed by atoms with Gasteiger partial charge in [-0.15, -0.1) is 0 Å². The number of hydrogen-bond donors (Lipinski definition) is 1. The van der Waals surface area contributed by atoms with Crippen LogP contribution in [0.5, 0.6) is 0 Å². The summed E-state index contributed by atoms with van der Waals surface area (Å²) in [5.74, 6) is 6.34. The van der Waals surface area contributed by atoms with E-state index in [1.54, 1.807) is 0 Å². The summed E-state index contributed by atoms with van der Waals surface area (Å²) in [4.78, 5) is 7.59. The predicted octanol–water partition coefficient (Wildman–Crippen LogP) is 3.83. The minimum Gasteiger partial charge on any atom is -0.333 e. The number of pyridine rings is 1. The molecular weight excluding hydrogens is 244 g/mol. The molecule has 2 heterocycles. The fourth-order valence-electron chi connectivity index (χ4n) is 2.16. The number of aryl methyl sites for hydroxylation is 2. The third-order valence-corrected chi connectivity index (χ3v) is 3.31. The molecule has 0 atom stereocenters. The second-order valence-electron chi connectivity index (χ2n) is 4.93. The maximum absolute atomic E-state index is 4.36. The zero-order valence-electron chi connectivity index (χ0n) is 11.7. The highest BCUT2D eigenvalue weighted by molar-refractivity contribution is 5.78. The van der Waals surface area contributed by atoms with Gasteiger partial charge in [-0.25, -0.2) is 4.98 Å². The Hall–Kier alpha value is -2.53. The molecule has 0 spiro atoms. The van der Waals surface area contributed by atoms with Gasteiger partial charge in [-0.3, -0.25) is 0 Å². The van der Waals surface area contributed by atoms with E-state index in [0.29, 0.717) is 0 Å². The van der Waals surface area contributed by atoms with E-state index in [-0.39, 0.29) is 0 Å². The smallest absolute Gasteiger partial charge is 0.138 e. The Labute approximate surface area is 118 Å². The topological polar surface area (TPSA) is 28.7 Å². The first-order valence-electron chi connectivity index (χ1n) is 6.81. The molecule has 0 aliphatic carbocycles. The first-order valence-corrected chi connectivity index (χ1v) is 6.81. The summed E-state index contributed by atoms with van der Waals surface area (Å²) < 4.78 is 0. The molecule has 2 aromatic heterocycles. The van der Waals surface area contributed by atoms with Gasteiger partial charge in [0, 0.05) is 17.1 Å². The summed E-state index contributed by atoms with van der Waals surface area (Å²) in [6, 6.07) is 12.5. The van der Waals surface area contributed by atoms with Crippen LogP contribution in [0.3, 0.4) is 0 Å². The van der Waals surface area contributed by atoms with Gasteiger partial charge >= 0.3 is 0 Å². The first-order chi connectivity index (χ1) is 9.74. The van der Waals surface area contributed by atoms with Crippen LogP contribution in [-0.2, 0) is 6.42 Å². The number of nitrogens with one attached hydrogen (secondary N) is 1. The standard InChI is InChI=1S/C18H16N2/c1-3-14-4-6-15(7-5-14)8-9-17-11-16-10-13(2)12-19-18(16)20-17/h4-7,10-12H,3H2,1-2H3,(H,19,20). The lowest BCUT2D eigenvalue weighted by Crippen LogP contribution is -1.80. The lowest BCUT2D eigenvalue weighted by molar-refractivity contribution is 1.14. The number of rotatable bonds is 1.